The summed E-state index contributed by atoms with van der Waals surface area (Å²) in [6.45, 7) is 11.9. The molecule has 18 rings (SSSR count). The van der Waals surface area contributed by atoms with Crippen LogP contribution < -0.4 is 47.3 Å². The van der Waals surface area contributed by atoms with Gasteiger partial charge in [0.05, 0.1) is 113 Å². The van der Waals surface area contributed by atoms with Crippen LogP contribution >= 0.6 is 91.8 Å². The van der Waals surface area contributed by atoms with Crippen LogP contribution in [0, 0.1) is 68.6 Å². The van der Waals surface area contributed by atoms with Crippen molar-refractivity contribution >= 4 is 236 Å². The minimum absolute atomic E-state index is 0.00877. The van der Waals surface area contributed by atoms with Crippen LogP contribution in [-0.2, 0) is 45.4 Å². The molecule has 0 spiro atoms. The summed E-state index contributed by atoms with van der Waals surface area (Å²) in [5.41, 5.74) is 10.7. The SMILES string of the molecule is COCCC(CCOC)S(=O)(=O)c1ccc(Nc2nc3ncc(C#N)c(Nc4ccc(F)c(Cl)c4)c3s2)cc1.N#Cc1cnc2nc(NCCCN3CCOCC3)sc2c1Nc1ccc(F)c(Cl)c1.N#Cc1cnc2nc(Nc3ccc(CN4CCC[C@H]4CO)cc3)sc2c1Nc1ccc(F)c(Cl)c1.N#Cc1cnc2nc(Nc3ccc(S(=O)(=O)NCCN4CCOCC4)cc3)sc2c1Nc1ccc(F)c(Cl)c1. The van der Waals surface area contributed by atoms with Gasteiger partial charge in [-0.25, -0.2) is 64.0 Å². The van der Waals surface area contributed by atoms with E-state index in [1.165, 1.54) is 163 Å². The van der Waals surface area contributed by atoms with Crippen molar-refractivity contribution in [3.63, 3.8) is 0 Å². The van der Waals surface area contributed by atoms with Crippen LogP contribution in [0.1, 0.15) is 59.9 Å². The Bertz CT molecular complexity index is 7450. The molecule has 7 aromatic carbocycles. The molecule has 15 aromatic rings. The van der Waals surface area contributed by atoms with Gasteiger partial charge in [-0.1, -0.05) is 104 Å². The van der Waals surface area contributed by atoms with Gasteiger partial charge in [0.15, 0.2) is 53.0 Å². The quantitative estimate of drug-likeness (QED) is 0.0130. The van der Waals surface area contributed by atoms with Crippen molar-refractivity contribution in [2.24, 2.45) is 0 Å². The number of nitrogens with one attached hydrogen (secondary N) is 9. The van der Waals surface area contributed by atoms with Crippen LogP contribution in [0.4, 0.5) is 101 Å². The van der Waals surface area contributed by atoms with Gasteiger partial charge in [-0.2, -0.15) is 36.0 Å². The Balaban J connectivity index is 0.000000144. The molecule has 8 aromatic heterocycles. The summed E-state index contributed by atoms with van der Waals surface area (Å²) in [6.07, 6.45) is 9.65. The number of thiazole rings is 4. The lowest BCUT2D eigenvalue weighted by Crippen LogP contribution is -2.41. The highest BCUT2D eigenvalue weighted by Gasteiger charge is 2.30. The number of sulfonamides is 1. The number of hydrogen-bond acceptors (Lipinski definition) is 36. The zero-order valence-electron chi connectivity index (χ0n) is 76.3. The standard InChI is InChI=1S/C26H25ClFN5O4S2.C25H23ClFN7O3S2.C25H22ClFN6OS.C20H20ClFN6OS/c1-36-11-9-20(10-12-37-2)39(34,35)19-6-3-17(4-7-19)32-26-33-25-24(38-26)23(16(14-29)15-30-25)31-18-5-8-22(28)21(27)13-18;26-20-13-18(3-6-21(20)27)31-22-16(14-28)15-29-24-23(22)38-25(33-24)32-17-1-4-19(5-2-17)39(35,36)30-7-8-34-9-11-37-12-10-34;26-20-10-18(7-8-21(20)27)30-22-16(11-28)12-29-24-23(22)35-25(32-24)31-17-5-3-15(4-6-17)13-33-9-1-2-19(33)14-34;21-15-10-14(2-3-16(15)22)26-17-13(11-23)12-25-19-18(17)30-20(27-19)24-4-1-5-28-6-8-29-9-7-28/h3-8,13,15,20H,9-12H2,1-2H3,(H2,30,31,32,33);1-6,13,15,30H,7-12H2,(H2,29,31,32,33);3-8,10,12,19,34H,1-2,9,13-14H2,(H2,29,30,31,32);2-3,10,12H,1,4-9H2,(H2,24,25,26,27)/t;;19-;/m..0./s1. The van der Waals surface area contributed by atoms with Gasteiger partial charge in [-0.3, -0.25) is 14.7 Å². The molecular formula is C96H90Cl4F4N24O9S6. The molecule has 3 fully saturated rings. The molecule has 740 valence electrons. The molecule has 33 nitrogen and oxygen atoms in total. The fraction of sp³-hybridized carbons (Fsp3) is 0.271. The molecule has 0 amide bonds. The molecule has 143 heavy (non-hydrogen) atoms. The molecule has 3 aliphatic heterocycles. The van der Waals surface area contributed by atoms with E-state index >= 15 is 0 Å². The van der Waals surface area contributed by atoms with Gasteiger partial charge in [0.1, 0.15) is 66.3 Å². The number of anilines is 15. The topological polar surface area (TPSA) is 442 Å². The van der Waals surface area contributed by atoms with Crippen LogP contribution in [0.3, 0.4) is 0 Å². The number of fused-ring (bicyclic) bond motifs is 4. The molecule has 3 saturated heterocycles. The first-order valence-electron chi connectivity index (χ1n) is 44.4. The second-order valence-electron chi connectivity index (χ2n) is 32.2. The fourth-order valence-electron chi connectivity index (χ4n) is 15.2. The molecule has 11 heterocycles. The molecule has 0 radical (unpaired) electrons. The lowest BCUT2D eigenvalue weighted by molar-refractivity contribution is 0.0378. The number of benzene rings is 7. The number of halogens is 8. The molecule has 10 N–H and O–H groups in total. The minimum Gasteiger partial charge on any atom is -0.395 e. The summed E-state index contributed by atoms with van der Waals surface area (Å²) in [7, 11) is -4.16. The molecular weight excluding hydrogens is 2040 g/mol. The Morgan fingerprint density at radius 3 is 1.15 bits per heavy atom. The largest absolute Gasteiger partial charge is 0.395 e. The van der Waals surface area contributed by atoms with Crippen LogP contribution in [0.25, 0.3) is 41.4 Å². The number of aliphatic hydroxyl groups excluding tert-OH is 1. The van der Waals surface area contributed by atoms with Crippen molar-refractivity contribution < 1.29 is 58.5 Å². The maximum absolute atomic E-state index is 13.6. The summed E-state index contributed by atoms with van der Waals surface area (Å²) in [6, 6.07) is 46.6. The predicted molar refractivity (Wildman–Crippen MR) is 554 cm³/mol. The van der Waals surface area contributed by atoms with E-state index in [2.05, 4.69) is 138 Å². The molecule has 0 aliphatic carbocycles. The third-order valence-corrected chi connectivity index (χ3v) is 31.5. The van der Waals surface area contributed by atoms with Crippen molar-refractivity contribution in [3.05, 3.63) is 242 Å². The van der Waals surface area contributed by atoms with Crippen molar-refractivity contribution in [1.29, 1.82) is 21.0 Å². The monoisotopic (exact) mass is 2130 g/mol. The number of aliphatic hydroxyl groups is 1. The van der Waals surface area contributed by atoms with E-state index in [1.54, 1.807) is 48.5 Å². The first-order chi connectivity index (χ1) is 69.2. The smallest absolute Gasteiger partial charge is 0.240 e. The number of aromatic nitrogens is 8. The minimum atomic E-state index is -3.65. The number of nitriles is 4. The van der Waals surface area contributed by atoms with Crippen LogP contribution in [-0.4, -0.2) is 207 Å². The number of sulfone groups is 1. The Morgan fingerprint density at radius 2 is 0.797 bits per heavy atom. The average molecular weight is 2130 g/mol. The zero-order chi connectivity index (χ0) is 101. The lowest BCUT2D eigenvalue weighted by Gasteiger charge is -2.26. The third kappa shape index (κ3) is 27.3. The Labute approximate surface area is 855 Å². The van der Waals surface area contributed by atoms with Gasteiger partial charge in [-0.05, 0) is 184 Å². The van der Waals surface area contributed by atoms with Crippen LogP contribution in [0.5, 0.6) is 0 Å². The highest BCUT2D eigenvalue weighted by Crippen LogP contribution is 2.43. The number of rotatable bonds is 35. The first kappa shape index (κ1) is 105. The summed E-state index contributed by atoms with van der Waals surface area (Å²) < 4.78 is 132. The van der Waals surface area contributed by atoms with Gasteiger partial charge in [0, 0.05) is 150 Å². The number of ether oxygens (including phenoxy) is 4. The number of methoxy groups -OCH3 is 2. The normalized spacial score (nSPS) is 14.0. The molecule has 47 heteroatoms. The summed E-state index contributed by atoms with van der Waals surface area (Å²) >= 11 is 28.9. The van der Waals surface area contributed by atoms with Gasteiger partial charge < -0.3 is 66.6 Å². The Kier molecular flexibility index (Phi) is 36.4. The van der Waals surface area contributed by atoms with Crippen molar-refractivity contribution in [1.82, 2.24) is 59.3 Å². The van der Waals surface area contributed by atoms with Crippen molar-refractivity contribution in [2.45, 2.75) is 59.7 Å². The van der Waals surface area contributed by atoms with Gasteiger partial charge in [0.25, 0.3) is 0 Å². The second kappa shape index (κ2) is 49.7. The number of nitrogens with zero attached hydrogens (tertiary/aromatic N) is 15. The average Bonchev–Trinajstić information content (AvgIpc) is 1.66. The third-order valence-electron chi connectivity index (χ3n) is 22.7. The Morgan fingerprint density at radius 1 is 0.455 bits per heavy atom. The fourth-order valence-corrected chi connectivity index (χ4v) is 22.5. The zero-order valence-corrected chi connectivity index (χ0v) is 84.2. The number of hydrogen-bond donors (Lipinski definition) is 10. The van der Waals surface area contributed by atoms with Crippen molar-refractivity contribution in [2.75, 3.05) is 162 Å². The van der Waals surface area contributed by atoms with E-state index in [0.29, 0.717) is 172 Å². The van der Waals surface area contributed by atoms with E-state index in [4.69, 9.17) is 65.4 Å². The number of likely N-dealkylation sites (tertiary alicyclic amines) is 1. The van der Waals surface area contributed by atoms with E-state index in [9.17, 15) is 60.6 Å². The molecule has 1 atom stereocenters. The molecule has 0 bridgehead atoms. The number of pyridine rings is 4. The maximum atomic E-state index is 13.6. The lowest BCUT2D eigenvalue weighted by atomic mass is 10.1. The van der Waals surface area contributed by atoms with Gasteiger partial charge in [0.2, 0.25) is 10.0 Å². The summed E-state index contributed by atoms with van der Waals surface area (Å²) in [5, 5.41) is 75.0. The predicted octanol–water partition coefficient (Wildman–Crippen LogP) is 20.5. The van der Waals surface area contributed by atoms with Crippen LogP contribution in [0.2, 0.25) is 20.1 Å². The van der Waals surface area contributed by atoms with E-state index in [-0.39, 0.29) is 53.7 Å². The van der Waals surface area contributed by atoms with Crippen molar-refractivity contribution in [3.8, 4) is 24.3 Å². The Hall–Kier alpha value is -12.5. The maximum Gasteiger partial charge on any atom is 0.240 e. The molecule has 0 saturated carbocycles. The van der Waals surface area contributed by atoms with Gasteiger partial charge >= 0.3 is 0 Å². The molecule has 3 aliphatic rings. The summed E-state index contributed by atoms with van der Waals surface area (Å²) in [5.74, 6) is -2.11. The highest BCUT2D eigenvalue weighted by atomic mass is 35.5. The first-order valence-corrected chi connectivity index (χ1v) is 52.2. The van der Waals surface area contributed by atoms with E-state index in [1.807, 2.05) is 12.1 Å². The second-order valence-corrected chi connectivity index (χ2v) is 41.8. The highest BCUT2D eigenvalue weighted by molar-refractivity contribution is 7.92. The summed E-state index contributed by atoms with van der Waals surface area (Å²) in [4.78, 5) is 42.5. The molecule has 0 unspecified atom stereocenters. The van der Waals surface area contributed by atoms with E-state index in [0.717, 1.165) is 100 Å². The van der Waals surface area contributed by atoms with Gasteiger partial charge in [-0.15, -0.1) is 0 Å². The number of morpholine rings is 2. The van der Waals surface area contributed by atoms with E-state index < -0.39 is 48.4 Å². The van der Waals surface area contributed by atoms with Crippen LogP contribution in [0.15, 0.2) is 180 Å².